The fourth-order valence-corrected chi connectivity index (χ4v) is 2.57. The molecule has 30 heavy (non-hydrogen) atoms. The number of alkyl halides is 6. The van der Waals surface area contributed by atoms with Gasteiger partial charge in [-0.1, -0.05) is 34.9 Å². The van der Waals surface area contributed by atoms with Crippen molar-refractivity contribution in [2.75, 3.05) is 13.2 Å². The molecule has 0 aliphatic heterocycles. The van der Waals surface area contributed by atoms with Crippen LogP contribution in [0.1, 0.15) is 73.1 Å². The van der Waals surface area contributed by atoms with Crippen molar-refractivity contribution in [1.29, 1.82) is 0 Å². The van der Waals surface area contributed by atoms with Crippen LogP contribution in [0.5, 0.6) is 0 Å². The molecule has 0 unspecified atom stereocenters. The maximum Gasteiger partial charge on any atom is 0.411 e. The van der Waals surface area contributed by atoms with Crippen molar-refractivity contribution in [3.63, 3.8) is 0 Å². The molecule has 0 saturated heterocycles. The zero-order valence-corrected chi connectivity index (χ0v) is 18.5. The molecule has 0 saturated carbocycles. The Morgan fingerprint density at radius 3 is 1.47 bits per heavy atom. The lowest BCUT2D eigenvalue weighted by Crippen LogP contribution is -2.39. The van der Waals surface area contributed by atoms with Crippen LogP contribution >= 0.6 is 0 Å². The topological polar surface area (TPSA) is 18.5 Å². The van der Waals surface area contributed by atoms with Gasteiger partial charge in [0.25, 0.3) is 0 Å². The van der Waals surface area contributed by atoms with Gasteiger partial charge in [-0.2, -0.15) is 26.3 Å². The van der Waals surface area contributed by atoms with E-state index in [4.69, 9.17) is 0 Å². The van der Waals surface area contributed by atoms with Gasteiger partial charge >= 0.3 is 12.4 Å². The van der Waals surface area contributed by atoms with Crippen molar-refractivity contribution in [1.82, 2.24) is 0 Å². The van der Waals surface area contributed by atoms with E-state index in [9.17, 15) is 26.3 Å². The predicted octanol–water partition coefficient (Wildman–Crippen LogP) is 8.06. The molecule has 0 amide bonds. The molecule has 2 nitrogen and oxygen atoms in total. The van der Waals surface area contributed by atoms with Gasteiger partial charge in [-0.3, -0.25) is 0 Å². The summed E-state index contributed by atoms with van der Waals surface area (Å²) in [5, 5.41) is 0. The number of ether oxygens (including phenoxy) is 2. The Balaban J connectivity index is 4.62. The van der Waals surface area contributed by atoms with Crippen molar-refractivity contribution in [2.45, 2.75) is 91.3 Å². The van der Waals surface area contributed by atoms with Crippen LogP contribution in [0.3, 0.4) is 0 Å². The summed E-state index contributed by atoms with van der Waals surface area (Å²) in [6, 6.07) is 0. The Hall–Kier alpha value is -1.28. The number of allylic oxidation sites excluding steroid dienone is 6. The lowest BCUT2D eigenvalue weighted by molar-refractivity contribution is -0.305. The van der Waals surface area contributed by atoms with Gasteiger partial charge in [-0.05, 0) is 66.7 Å². The van der Waals surface area contributed by atoms with Gasteiger partial charge in [0.05, 0.1) is 0 Å². The summed E-state index contributed by atoms with van der Waals surface area (Å²) in [5.74, 6) is -1.97. The first-order chi connectivity index (χ1) is 13.6. The molecule has 0 aliphatic carbocycles. The Morgan fingerprint density at radius 1 is 0.667 bits per heavy atom. The highest BCUT2D eigenvalue weighted by molar-refractivity contribution is 5.05. The molecular formula is C22H34F6O2. The van der Waals surface area contributed by atoms with E-state index in [2.05, 4.69) is 42.4 Å². The summed E-state index contributed by atoms with van der Waals surface area (Å²) >= 11 is 0. The quantitative estimate of drug-likeness (QED) is 0.162. The molecule has 176 valence electrons. The zero-order chi connectivity index (χ0) is 23.4. The molecule has 0 spiro atoms. The second kappa shape index (κ2) is 13.2. The molecule has 8 heteroatoms. The SMILES string of the molecule is CC(C)=CCC/C(C)=C\CC/C(C)=C/CCC(C)(OCC(F)(F)F)OCC(F)(F)F. The Kier molecular flexibility index (Phi) is 12.6. The first-order valence-corrected chi connectivity index (χ1v) is 9.98. The summed E-state index contributed by atoms with van der Waals surface area (Å²) in [6.07, 6.45) is 0.551. The van der Waals surface area contributed by atoms with Crippen LogP contribution in [0.4, 0.5) is 26.3 Å². The molecule has 0 aliphatic rings. The molecular weight excluding hydrogens is 410 g/mol. The van der Waals surface area contributed by atoms with Crippen LogP contribution in [0.15, 0.2) is 34.9 Å². The van der Waals surface area contributed by atoms with Gasteiger partial charge < -0.3 is 9.47 Å². The Morgan fingerprint density at radius 2 is 1.07 bits per heavy atom. The van der Waals surface area contributed by atoms with E-state index in [0.29, 0.717) is 0 Å². The third-order valence-corrected chi connectivity index (χ3v) is 4.30. The second-order valence-corrected chi connectivity index (χ2v) is 7.94. The Bertz CT molecular complexity index is 563. The molecule has 0 fully saturated rings. The molecule has 0 rings (SSSR count). The molecule has 0 N–H and O–H groups in total. The lowest BCUT2D eigenvalue weighted by Gasteiger charge is -2.30. The van der Waals surface area contributed by atoms with Crippen molar-refractivity contribution in [3.8, 4) is 0 Å². The first kappa shape index (κ1) is 28.7. The summed E-state index contributed by atoms with van der Waals surface area (Å²) in [7, 11) is 0. The highest BCUT2D eigenvalue weighted by atomic mass is 19.4. The predicted molar refractivity (Wildman–Crippen MR) is 107 cm³/mol. The molecule has 0 atom stereocenters. The lowest BCUT2D eigenvalue weighted by atomic mass is 10.0. The normalized spacial score (nSPS) is 14.2. The molecule has 0 aromatic heterocycles. The van der Waals surface area contributed by atoms with E-state index < -0.39 is 31.4 Å². The van der Waals surface area contributed by atoms with Crippen LogP contribution in [0, 0.1) is 0 Å². The van der Waals surface area contributed by atoms with Crippen molar-refractivity contribution in [3.05, 3.63) is 34.9 Å². The van der Waals surface area contributed by atoms with Gasteiger partial charge in [0, 0.05) is 6.42 Å². The van der Waals surface area contributed by atoms with Crippen LogP contribution in [0.2, 0.25) is 0 Å². The highest BCUT2D eigenvalue weighted by Crippen LogP contribution is 2.28. The van der Waals surface area contributed by atoms with Gasteiger partial charge in [0.15, 0.2) is 5.79 Å². The largest absolute Gasteiger partial charge is 0.411 e. The van der Waals surface area contributed by atoms with Gasteiger partial charge in [0.1, 0.15) is 13.2 Å². The summed E-state index contributed by atoms with van der Waals surface area (Å²) in [4.78, 5) is 0. The third-order valence-electron chi connectivity index (χ3n) is 4.30. The Labute approximate surface area is 176 Å². The average molecular weight is 445 g/mol. The van der Waals surface area contributed by atoms with E-state index in [1.165, 1.54) is 11.1 Å². The monoisotopic (exact) mass is 444 g/mol. The van der Waals surface area contributed by atoms with Crippen LogP contribution < -0.4 is 0 Å². The molecule has 0 bridgehead atoms. The molecule has 0 aromatic carbocycles. The van der Waals surface area contributed by atoms with E-state index in [1.807, 2.05) is 6.92 Å². The maximum atomic E-state index is 12.4. The van der Waals surface area contributed by atoms with E-state index >= 15 is 0 Å². The summed E-state index contributed by atoms with van der Waals surface area (Å²) in [6.45, 7) is 5.84. The van der Waals surface area contributed by atoms with Crippen LogP contribution in [-0.2, 0) is 9.47 Å². The molecule has 0 heterocycles. The minimum absolute atomic E-state index is 0.117. The van der Waals surface area contributed by atoms with Crippen molar-refractivity contribution in [2.24, 2.45) is 0 Å². The number of hydrogen-bond acceptors (Lipinski definition) is 2. The van der Waals surface area contributed by atoms with Crippen LogP contribution in [-0.4, -0.2) is 31.4 Å². The fraction of sp³-hybridized carbons (Fsp3) is 0.727. The second-order valence-electron chi connectivity index (χ2n) is 7.94. The van der Waals surface area contributed by atoms with E-state index in [0.717, 1.165) is 38.2 Å². The van der Waals surface area contributed by atoms with Gasteiger partial charge in [-0.25, -0.2) is 0 Å². The number of hydrogen-bond donors (Lipinski definition) is 0. The summed E-state index contributed by atoms with van der Waals surface area (Å²) < 4.78 is 83.7. The number of rotatable bonds is 13. The van der Waals surface area contributed by atoms with E-state index in [1.54, 1.807) is 6.08 Å². The van der Waals surface area contributed by atoms with Crippen molar-refractivity contribution >= 4 is 0 Å². The van der Waals surface area contributed by atoms with Gasteiger partial charge in [0.2, 0.25) is 0 Å². The summed E-state index contributed by atoms with van der Waals surface area (Å²) in [5.41, 5.74) is 3.58. The number of halogens is 6. The molecule has 0 aromatic rings. The van der Waals surface area contributed by atoms with Crippen molar-refractivity contribution < 1.29 is 35.8 Å². The standard InChI is InChI=1S/C22H34F6O2/c1-17(2)9-6-10-18(3)11-7-12-19(4)13-8-14-20(5,29-15-21(23,24)25)30-16-22(26,27)28/h9,11,13H,6-8,10,12,14-16H2,1-5H3/b18-11-,19-13+. The molecule has 0 radical (unpaired) electrons. The smallest absolute Gasteiger partial charge is 0.341 e. The van der Waals surface area contributed by atoms with Crippen LogP contribution in [0.25, 0.3) is 0 Å². The fourth-order valence-electron chi connectivity index (χ4n) is 2.57. The minimum atomic E-state index is -4.65. The zero-order valence-electron chi connectivity index (χ0n) is 18.5. The maximum absolute atomic E-state index is 12.4. The minimum Gasteiger partial charge on any atom is -0.341 e. The first-order valence-electron chi connectivity index (χ1n) is 9.98. The van der Waals surface area contributed by atoms with Gasteiger partial charge in [-0.15, -0.1) is 0 Å². The van der Waals surface area contributed by atoms with E-state index in [-0.39, 0.29) is 12.8 Å². The highest BCUT2D eigenvalue weighted by Gasteiger charge is 2.38. The average Bonchev–Trinajstić information content (AvgIpc) is 2.57. The third kappa shape index (κ3) is 17.6.